The van der Waals surface area contributed by atoms with E-state index in [4.69, 9.17) is 0 Å². The summed E-state index contributed by atoms with van der Waals surface area (Å²) < 4.78 is 9.57. The summed E-state index contributed by atoms with van der Waals surface area (Å²) in [5, 5.41) is 25.6. The zero-order valence-corrected chi connectivity index (χ0v) is 66.3. The number of benzene rings is 22. The second-order valence-electron chi connectivity index (χ2n) is 32.5. The van der Waals surface area contributed by atoms with Crippen LogP contribution in [0.1, 0.15) is 5.56 Å². The minimum absolute atomic E-state index is 1.16. The van der Waals surface area contributed by atoms with E-state index < -0.39 is 0 Å². The van der Waals surface area contributed by atoms with Gasteiger partial charge in [-0.25, -0.2) is 0 Å². The Morgan fingerprint density at radius 2 is 0.364 bits per heavy atom. The first-order chi connectivity index (χ1) is 60.0. The van der Waals surface area contributed by atoms with Gasteiger partial charge in [0, 0.05) is 65.8 Å². The lowest BCUT2D eigenvalue weighted by atomic mass is 9.83. The van der Waals surface area contributed by atoms with Gasteiger partial charge in [0.2, 0.25) is 0 Å². The van der Waals surface area contributed by atoms with E-state index in [9.17, 15) is 0 Å². The van der Waals surface area contributed by atoms with Crippen LogP contribution in [0.2, 0.25) is 0 Å². The minimum Gasteiger partial charge on any atom is -0.309 e. The smallest absolute Gasteiger partial charge is 0.0541 e. The molecule has 22 aromatic carbocycles. The highest BCUT2D eigenvalue weighted by atomic mass is 15.0. The molecular weight excluding hydrogens is 1460 g/mol. The first kappa shape index (κ1) is 68.4. The zero-order chi connectivity index (χ0) is 79.5. The molecule has 4 nitrogen and oxygen atoms in total. The summed E-state index contributed by atoms with van der Waals surface area (Å²) in [5.74, 6) is 0. The van der Waals surface area contributed by atoms with Crippen molar-refractivity contribution < 1.29 is 0 Å². The fourth-order valence-corrected chi connectivity index (χ4v) is 20.7. The summed E-state index contributed by atoms with van der Waals surface area (Å²) in [4.78, 5) is 0. The molecular formula is C117H74N4. The number of hydrogen-bond donors (Lipinski definition) is 0. The molecule has 0 spiro atoms. The predicted molar refractivity (Wildman–Crippen MR) is 515 cm³/mol. The number of hydrogen-bond acceptors (Lipinski definition) is 0. The van der Waals surface area contributed by atoms with Crippen LogP contribution >= 0.6 is 0 Å². The molecule has 26 aromatic rings. The molecule has 26 rings (SSSR count). The van der Waals surface area contributed by atoms with Crippen molar-refractivity contribution in [3.05, 3.63) is 436 Å². The Balaban J connectivity index is 0.000000134. The molecule has 0 amide bonds. The fourth-order valence-electron chi connectivity index (χ4n) is 20.7. The van der Waals surface area contributed by atoms with Crippen LogP contribution < -0.4 is 0 Å². The lowest BCUT2D eigenvalue weighted by Gasteiger charge is -2.20. The fraction of sp³-hybridized carbons (Fsp3) is 0.00855. The summed E-state index contributed by atoms with van der Waals surface area (Å²) in [5.41, 5.74) is 30.5. The van der Waals surface area contributed by atoms with Crippen LogP contribution in [0.25, 0.3) is 241 Å². The van der Waals surface area contributed by atoms with Gasteiger partial charge in [-0.2, -0.15) is 0 Å². The van der Waals surface area contributed by atoms with Crippen LogP contribution in [0.3, 0.4) is 0 Å². The maximum Gasteiger partial charge on any atom is 0.0541 e. The molecule has 0 bridgehead atoms. The van der Waals surface area contributed by atoms with E-state index in [1.807, 2.05) is 0 Å². The van der Waals surface area contributed by atoms with Crippen LogP contribution in [0.4, 0.5) is 0 Å². The van der Waals surface area contributed by atoms with Gasteiger partial charge in [-0.05, 0) is 253 Å². The Morgan fingerprint density at radius 1 is 0.140 bits per heavy atom. The number of fused-ring (bicyclic) bond motifs is 12. The Bertz CT molecular complexity index is 8460. The van der Waals surface area contributed by atoms with E-state index in [0.29, 0.717) is 0 Å². The molecule has 0 saturated heterocycles. The third-order valence-corrected chi connectivity index (χ3v) is 26.1. The van der Waals surface area contributed by atoms with Crippen molar-refractivity contribution >= 4 is 152 Å². The molecule has 4 heteroatoms. The van der Waals surface area contributed by atoms with E-state index in [1.54, 1.807) is 0 Å². The number of aromatic nitrogens is 4. The van der Waals surface area contributed by atoms with E-state index in [0.717, 1.165) is 22.7 Å². The largest absolute Gasteiger partial charge is 0.309 e. The second-order valence-corrected chi connectivity index (χ2v) is 32.5. The summed E-state index contributed by atoms with van der Waals surface area (Å²) in [6.45, 7) is 2.23. The first-order valence-electron chi connectivity index (χ1n) is 41.9. The summed E-state index contributed by atoms with van der Waals surface area (Å²) in [7, 11) is 0. The van der Waals surface area contributed by atoms with Crippen LogP contribution in [-0.2, 0) is 0 Å². The molecule has 0 fully saturated rings. The van der Waals surface area contributed by atoms with E-state index in [2.05, 4.69) is 456 Å². The molecule has 121 heavy (non-hydrogen) atoms. The van der Waals surface area contributed by atoms with Gasteiger partial charge in [0.1, 0.15) is 0 Å². The van der Waals surface area contributed by atoms with Gasteiger partial charge in [0.05, 0.1) is 44.1 Å². The van der Waals surface area contributed by atoms with E-state index in [1.165, 1.54) is 224 Å². The molecule has 0 saturated carbocycles. The van der Waals surface area contributed by atoms with E-state index >= 15 is 0 Å². The van der Waals surface area contributed by atoms with Crippen molar-refractivity contribution in [2.75, 3.05) is 0 Å². The summed E-state index contributed by atoms with van der Waals surface area (Å²) in [6.07, 6.45) is 0. The minimum atomic E-state index is 1.16. The first-order valence-corrected chi connectivity index (χ1v) is 41.9. The Kier molecular flexibility index (Phi) is 15.3. The van der Waals surface area contributed by atoms with Crippen molar-refractivity contribution in [2.24, 2.45) is 0 Å². The van der Waals surface area contributed by atoms with Gasteiger partial charge in [-0.15, -0.1) is 0 Å². The summed E-state index contributed by atoms with van der Waals surface area (Å²) in [6, 6.07) is 159. The van der Waals surface area contributed by atoms with Gasteiger partial charge >= 0.3 is 0 Å². The van der Waals surface area contributed by atoms with Crippen molar-refractivity contribution in [3.8, 4) is 89.5 Å². The highest BCUT2D eigenvalue weighted by molar-refractivity contribution is 6.32. The predicted octanol–water partition coefficient (Wildman–Crippen LogP) is 31.9. The molecule has 0 radical (unpaired) electrons. The van der Waals surface area contributed by atoms with Crippen molar-refractivity contribution in [1.82, 2.24) is 18.3 Å². The topological polar surface area (TPSA) is 19.7 Å². The quantitative estimate of drug-likeness (QED) is 0.122. The maximum atomic E-state index is 2.44. The van der Waals surface area contributed by atoms with Crippen LogP contribution in [0.15, 0.2) is 431 Å². The maximum absolute atomic E-state index is 2.44. The molecule has 0 atom stereocenters. The van der Waals surface area contributed by atoms with Crippen LogP contribution in [-0.4, -0.2) is 18.3 Å². The van der Waals surface area contributed by atoms with Gasteiger partial charge in [0.15, 0.2) is 0 Å². The molecule has 4 aromatic heterocycles. The lowest BCUT2D eigenvalue weighted by Crippen LogP contribution is -1.95. The molecule has 0 aliphatic heterocycles. The number of aryl methyl sites for hydroxylation is 1. The third-order valence-electron chi connectivity index (χ3n) is 26.1. The lowest BCUT2D eigenvalue weighted by molar-refractivity contribution is 1.18. The van der Waals surface area contributed by atoms with Crippen LogP contribution in [0, 0.1) is 6.92 Å². The SMILES string of the molecule is Cc1ccccc1-c1cc(-c2ccc(-n3c4ccccc4c4ccccc43)cc2)c2ccc3ccc(-c4ccc(-n5c6ccccc6c6ccccc65)cc4)c4ccc1c2c34.c1ccc(-c2cc(-c3ccc(-n4c5ccccc5c5ccccc54)cc3)c3ccc4ccc(-c5ccc(-n6c7ccccc7c7ccccc76)cc5)c5ccc2c3c45)cc1. The highest BCUT2D eigenvalue weighted by Gasteiger charge is 2.25. The highest BCUT2D eigenvalue weighted by Crippen LogP contribution is 2.50. The zero-order valence-electron chi connectivity index (χ0n) is 66.3. The van der Waals surface area contributed by atoms with Crippen LogP contribution in [0.5, 0.6) is 0 Å². The summed E-state index contributed by atoms with van der Waals surface area (Å²) >= 11 is 0. The Morgan fingerprint density at radius 3 is 0.669 bits per heavy atom. The average Bonchev–Trinajstić information content (AvgIpc) is 0.875. The number of rotatable bonds is 10. The third kappa shape index (κ3) is 10.5. The molecule has 0 aliphatic carbocycles. The molecule has 4 heterocycles. The molecule has 0 unspecified atom stereocenters. The number of nitrogens with zero attached hydrogens (tertiary/aromatic N) is 4. The molecule has 0 N–H and O–H groups in total. The molecule has 562 valence electrons. The van der Waals surface area contributed by atoms with Crippen molar-refractivity contribution in [1.29, 1.82) is 0 Å². The van der Waals surface area contributed by atoms with Gasteiger partial charge in [-0.3, -0.25) is 0 Å². The number of para-hydroxylation sites is 8. The van der Waals surface area contributed by atoms with Crippen molar-refractivity contribution in [2.45, 2.75) is 6.92 Å². The molecule has 0 aliphatic rings. The van der Waals surface area contributed by atoms with Crippen molar-refractivity contribution in [3.63, 3.8) is 0 Å². The Hall–Kier alpha value is -15.9. The monoisotopic (exact) mass is 1530 g/mol. The van der Waals surface area contributed by atoms with Gasteiger partial charge in [0.25, 0.3) is 0 Å². The second kappa shape index (κ2) is 27.1. The van der Waals surface area contributed by atoms with Gasteiger partial charge in [-0.1, -0.05) is 322 Å². The Labute approximate surface area is 698 Å². The van der Waals surface area contributed by atoms with E-state index in [-0.39, 0.29) is 0 Å². The average molecular weight is 1540 g/mol. The normalized spacial score (nSPS) is 12.0. The standard InChI is InChI=1S/C59H38N2.C58H36N2/c1-37-12-2-3-13-43(37)53-36-52(39-24-30-42(31-25-39)61-56-20-10-6-16-47(56)48-17-7-11-21-57(48)61)50-33-27-40-26-32-44(49-34-35-51(53)59(50)58(40)49)38-22-28-41(29-23-38)60-54-18-8-4-14-45(54)46-15-5-9-19-55(46)60;1-2-12-37(13-3-1)51-36-52(39-24-30-42(31-25-39)60-55-20-10-6-16-46(55)47-17-7-11-21-56(47)60)49-33-27-40-26-32-43(48-34-35-50(51)58(49)57(40)48)38-22-28-41(29-23-38)59-53-18-8-4-14-44(53)45-15-5-9-19-54(45)59/h2-36H,1H3;1-36H. The van der Waals surface area contributed by atoms with Gasteiger partial charge < -0.3 is 18.3 Å².